The molecule has 3 aromatic carbocycles. The minimum Gasteiger partial charge on any atom is -0.465 e. The van der Waals surface area contributed by atoms with E-state index in [0.717, 1.165) is 22.4 Å². The Morgan fingerprint density at radius 2 is 1.55 bits per heavy atom. The molecular formula is C27H29NO3. The molecule has 0 aliphatic carbocycles. The summed E-state index contributed by atoms with van der Waals surface area (Å²) in [6.07, 6.45) is 1.13. The summed E-state index contributed by atoms with van der Waals surface area (Å²) in [6.45, 7) is 6.57. The van der Waals surface area contributed by atoms with E-state index in [0.29, 0.717) is 18.4 Å². The van der Waals surface area contributed by atoms with Gasteiger partial charge in [-0.1, -0.05) is 69.3 Å². The molecular weight excluding hydrogens is 386 g/mol. The van der Waals surface area contributed by atoms with Crippen molar-refractivity contribution in [3.8, 4) is 11.1 Å². The van der Waals surface area contributed by atoms with Gasteiger partial charge in [-0.2, -0.15) is 0 Å². The maximum Gasteiger partial charge on any atom is 0.337 e. The van der Waals surface area contributed by atoms with Crippen LogP contribution in [0.4, 0.5) is 5.69 Å². The fourth-order valence-electron chi connectivity index (χ4n) is 3.34. The molecule has 0 fully saturated rings. The Labute approximate surface area is 184 Å². The van der Waals surface area contributed by atoms with Crippen LogP contribution < -0.4 is 5.32 Å². The summed E-state index contributed by atoms with van der Waals surface area (Å²) in [5, 5.41) is 2.95. The minimum absolute atomic E-state index is 0.0136. The molecule has 4 heteroatoms. The predicted octanol–water partition coefficient (Wildman–Crippen LogP) is 6.01. The molecule has 0 aromatic heterocycles. The Hall–Kier alpha value is -3.40. The van der Waals surface area contributed by atoms with E-state index in [9.17, 15) is 9.59 Å². The van der Waals surface area contributed by atoms with Gasteiger partial charge in [-0.05, 0) is 58.4 Å². The molecule has 0 radical (unpaired) electrons. The van der Waals surface area contributed by atoms with Gasteiger partial charge in [0.15, 0.2) is 0 Å². The second-order valence-corrected chi connectivity index (χ2v) is 8.64. The molecule has 31 heavy (non-hydrogen) atoms. The lowest BCUT2D eigenvalue weighted by Gasteiger charge is -2.19. The summed E-state index contributed by atoms with van der Waals surface area (Å²) in [4.78, 5) is 24.1. The van der Waals surface area contributed by atoms with Gasteiger partial charge in [-0.3, -0.25) is 4.79 Å². The highest BCUT2D eigenvalue weighted by Gasteiger charge is 2.13. The van der Waals surface area contributed by atoms with Crippen molar-refractivity contribution in [2.24, 2.45) is 0 Å². The molecule has 0 aliphatic heterocycles. The van der Waals surface area contributed by atoms with Gasteiger partial charge in [0.2, 0.25) is 5.91 Å². The van der Waals surface area contributed by atoms with Crippen LogP contribution in [0.25, 0.3) is 11.1 Å². The first-order valence-electron chi connectivity index (χ1n) is 10.4. The lowest BCUT2D eigenvalue weighted by atomic mass is 9.86. The number of anilines is 1. The normalized spacial score (nSPS) is 11.1. The van der Waals surface area contributed by atoms with Crippen molar-refractivity contribution >= 4 is 17.6 Å². The van der Waals surface area contributed by atoms with Crippen molar-refractivity contribution in [3.63, 3.8) is 0 Å². The van der Waals surface area contributed by atoms with Crippen molar-refractivity contribution < 1.29 is 14.3 Å². The highest BCUT2D eigenvalue weighted by atomic mass is 16.5. The Morgan fingerprint density at radius 3 is 2.16 bits per heavy atom. The number of esters is 1. The average molecular weight is 416 g/mol. The number of carbonyl (C=O) groups is 2. The van der Waals surface area contributed by atoms with Gasteiger partial charge in [-0.25, -0.2) is 4.79 Å². The lowest BCUT2D eigenvalue weighted by Crippen LogP contribution is -2.13. The number of ether oxygens (including phenoxy) is 1. The molecule has 3 aromatic rings. The van der Waals surface area contributed by atoms with Crippen LogP contribution in [0.2, 0.25) is 0 Å². The zero-order valence-corrected chi connectivity index (χ0v) is 18.6. The Bertz CT molecular complexity index is 1050. The van der Waals surface area contributed by atoms with Gasteiger partial charge < -0.3 is 10.1 Å². The topological polar surface area (TPSA) is 55.4 Å². The summed E-state index contributed by atoms with van der Waals surface area (Å²) in [5.74, 6) is -0.376. The van der Waals surface area contributed by atoms with Crippen molar-refractivity contribution in [2.75, 3.05) is 12.4 Å². The third-order valence-electron chi connectivity index (χ3n) is 5.25. The summed E-state index contributed by atoms with van der Waals surface area (Å²) in [7, 11) is 1.37. The number of rotatable bonds is 6. The third kappa shape index (κ3) is 6.05. The van der Waals surface area contributed by atoms with E-state index < -0.39 is 0 Å². The molecule has 4 nitrogen and oxygen atoms in total. The lowest BCUT2D eigenvalue weighted by molar-refractivity contribution is -0.116. The van der Waals surface area contributed by atoms with Crippen LogP contribution in [-0.2, 0) is 21.4 Å². The largest absolute Gasteiger partial charge is 0.465 e. The summed E-state index contributed by atoms with van der Waals surface area (Å²) >= 11 is 0. The highest BCUT2D eigenvalue weighted by molar-refractivity contribution is 5.92. The monoisotopic (exact) mass is 415 g/mol. The SMILES string of the molecule is COC(=O)c1cccc(-c2ccc(NC(=O)CCc3ccc(C(C)(C)C)cc3)cc2)c1. The highest BCUT2D eigenvalue weighted by Crippen LogP contribution is 2.24. The Morgan fingerprint density at radius 1 is 0.871 bits per heavy atom. The summed E-state index contributed by atoms with van der Waals surface area (Å²) in [6, 6.07) is 23.4. The van der Waals surface area contributed by atoms with Crippen molar-refractivity contribution in [1.29, 1.82) is 0 Å². The smallest absolute Gasteiger partial charge is 0.337 e. The first-order chi connectivity index (χ1) is 14.8. The molecule has 0 spiro atoms. The number of benzene rings is 3. The maximum atomic E-state index is 12.4. The van der Waals surface area contributed by atoms with Crippen LogP contribution in [0.15, 0.2) is 72.8 Å². The number of amides is 1. The van der Waals surface area contributed by atoms with E-state index in [4.69, 9.17) is 4.74 Å². The van der Waals surface area contributed by atoms with Gasteiger partial charge in [0.25, 0.3) is 0 Å². The van der Waals surface area contributed by atoms with Gasteiger partial charge >= 0.3 is 5.97 Å². The number of nitrogens with one attached hydrogen (secondary N) is 1. The van der Waals surface area contributed by atoms with Crippen molar-refractivity contribution in [1.82, 2.24) is 0 Å². The number of aryl methyl sites for hydroxylation is 1. The second-order valence-electron chi connectivity index (χ2n) is 8.64. The van der Waals surface area contributed by atoms with Crippen LogP contribution in [-0.4, -0.2) is 19.0 Å². The van der Waals surface area contributed by atoms with Crippen LogP contribution in [0, 0.1) is 0 Å². The fraction of sp³-hybridized carbons (Fsp3) is 0.259. The molecule has 0 saturated carbocycles. The zero-order valence-electron chi connectivity index (χ0n) is 18.6. The number of carbonyl (C=O) groups excluding carboxylic acids is 2. The van der Waals surface area contributed by atoms with Gasteiger partial charge in [0.1, 0.15) is 0 Å². The number of hydrogen-bond acceptors (Lipinski definition) is 3. The molecule has 0 saturated heterocycles. The van der Waals surface area contributed by atoms with E-state index in [-0.39, 0.29) is 17.3 Å². The molecule has 0 heterocycles. The van der Waals surface area contributed by atoms with Gasteiger partial charge in [0, 0.05) is 12.1 Å². The van der Waals surface area contributed by atoms with Crippen LogP contribution in [0.3, 0.4) is 0 Å². The fourth-order valence-corrected chi connectivity index (χ4v) is 3.34. The minimum atomic E-state index is -0.362. The van der Waals surface area contributed by atoms with Crippen LogP contribution in [0.1, 0.15) is 48.7 Å². The first kappa shape index (κ1) is 22.3. The average Bonchev–Trinajstić information content (AvgIpc) is 2.77. The standard InChI is InChI=1S/C27H29NO3/c1-27(2,3)23-13-8-19(9-14-23)10-17-25(29)28-24-15-11-20(12-16-24)21-6-5-7-22(18-21)26(30)31-4/h5-9,11-16,18H,10,17H2,1-4H3,(H,28,29). The molecule has 3 rings (SSSR count). The van der Waals surface area contributed by atoms with E-state index in [2.05, 4.69) is 50.4 Å². The van der Waals surface area contributed by atoms with Gasteiger partial charge in [0.05, 0.1) is 12.7 Å². The van der Waals surface area contributed by atoms with Crippen molar-refractivity contribution in [2.45, 2.75) is 39.0 Å². The Kier molecular flexibility index (Phi) is 6.91. The molecule has 0 bridgehead atoms. The molecule has 0 unspecified atom stereocenters. The summed E-state index contributed by atoms with van der Waals surface area (Å²) in [5.41, 5.74) is 5.71. The van der Waals surface area contributed by atoms with Crippen LogP contribution in [0.5, 0.6) is 0 Å². The molecule has 160 valence electrons. The first-order valence-corrected chi connectivity index (χ1v) is 10.4. The maximum absolute atomic E-state index is 12.4. The van der Waals surface area contributed by atoms with Gasteiger partial charge in [-0.15, -0.1) is 0 Å². The van der Waals surface area contributed by atoms with E-state index in [1.54, 1.807) is 12.1 Å². The van der Waals surface area contributed by atoms with Crippen molar-refractivity contribution in [3.05, 3.63) is 89.5 Å². The molecule has 0 atom stereocenters. The molecule has 0 aliphatic rings. The Balaban J connectivity index is 1.57. The predicted molar refractivity (Wildman–Crippen MR) is 125 cm³/mol. The zero-order chi connectivity index (χ0) is 22.4. The number of hydrogen-bond donors (Lipinski definition) is 1. The summed E-state index contributed by atoms with van der Waals surface area (Å²) < 4.78 is 4.78. The van der Waals surface area contributed by atoms with E-state index >= 15 is 0 Å². The van der Waals surface area contributed by atoms with E-state index in [1.807, 2.05) is 36.4 Å². The molecule has 1 N–H and O–H groups in total. The van der Waals surface area contributed by atoms with E-state index in [1.165, 1.54) is 12.7 Å². The second kappa shape index (κ2) is 9.61. The number of methoxy groups -OCH3 is 1. The quantitative estimate of drug-likeness (QED) is 0.502. The molecule has 1 amide bonds. The van der Waals surface area contributed by atoms with Crippen LogP contribution >= 0.6 is 0 Å². The third-order valence-corrected chi connectivity index (χ3v) is 5.25.